The minimum Gasteiger partial charge on any atom is -0.374 e. The molecule has 0 radical (unpaired) electrons. The Morgan fingerprint density at radius 2 is 1.32 bits per heavy atom. The maximum absolute atomic E-state index is 12.5. The van der Waals surface area contributed by atoms with Crippen LogP contribution in [0.4, 0.5) is 13.2 Å². The van der Waals surface area contributed by atoms with Crippen molar-refractivity contribution in [3.63, 3.8) is 0 Å². The van der Waals surface area contributed by atoms with Gasteiger partial charge in [0.05, 0.1) is 5.56 Å². The lowest BCUT2D eigenvalue weighted by Crippen LogP contribution is -2.45. The van der Waals surface area contributed by atoms with E-state index < -0.39 is 20.5 Å². The third-order valence-electron chi connectivity index (χ3n) is 3.82. The molecule has 0 atom stereocenters. The molecule has 0 aliphatic rings. The largest absolute Gasteiger partial charge is 0.500 e. The molecular formula is C18H29F3O3Si. The summed E-state index contributed by atoms with van der Waals surface area (Å²) in [7, 11) is -2.58. The smallest absolute Gasteiger partial charge is 0.374 e. The van der Waals surface area contributed by atoms with Crippen LogP contribution < -0.4 is 0 Å². The highest BCUT2D eigenvalue weighted by atomic mass is 28.4. The van der Waals surface area contributed by atoms with Crippen molar-refractivity contribution >= 4 is 8.80 Å². The molecule has 0 aromatic heterocycles. The summed E-state index contributed by atoms with van der Waals surface area (Å²) in [6.45, 7) is 7.51. The van der Waals surface area contributed by atoms with Crippen LogP contribution in [-0.2, 0) is 25.9 Å². The first-order chi connectivity index (χ1) is 11.9. The zero-order chi connectivity index (χ0) is 18.8. The van der Waals surface area contributed by atoms with E-state index in [1.165, 1.54) is 0 Å². The van der Waals surface area contributed by atoms with E-state index in [1.807, 2.05) is 20.8 Å². The lowest BCUT2D eigenvalue weighted by Gasteiger charge is -2.28. The Bertz CT molecular complexity index is 460. The molecule has 0 heterocycles. The second kappa shape index (κ2) is 11.0. The fourth-order valence-corrected chi connectivity index (χ4v) is 5.39. The van der Waals surface area contributed by atoms with Crippen molar-refractivity contribution in [3.8, 4) is 0 Å². The number of hydrogen-bond donors (Lipinski definition) is 0. The second-order valence-corrected chi connectivity index (χ2v) is 8.47. The highest BCUT2D eigenvalue weighted by Gasteiger charge is 2.39. The number of hydrogen-bond acceptors (Lipinski definition) is 3. The summed E-state index contributed by atoms with van der Waals surface area (Å²) in [4.78, 5) is 0. The molecule has 1 aromatic rings. The molecule has 25 heavy (non-hydrogen) atoms. The third-order valence-corrected chi connectivity index (χ3v) is 6.97. The molecule has 0 saturated heterocycles. The highest BCUT2D eigenvalue weighted by molar-refractivity contribution is 6.60. The van der Waals surface area contributed by atoms with Gasteiger partial charge < -0.3 is 13.3 Å². The molecular weight excluding hydrogens is 349 g/mol. The number of aryl methyl sites for hydroxylation is 1. The van der Waals surface area contributed by atoms with Gasteiger partial charge in [-0.05, 0) is 57.7 Å². The van der Waals surface area contributed by atoms with Gasteiger partial charge in [0.15, 0.2) is 0 Å². The van der Waals surface area contributed by atoms with Crippen LogP contribution in [-0.4, -0.2) is 28.6 Å². The summed E-state index contributed by atoms with van der Waals surface area (Å²) in [5.41, 5.74) is 0.327. The number of rotatable bonds is 12. The Morgan fingerprint density at radius 3 is 1.76 bits per heavy atom. The quantitative estimate of drug-likeness (QED) is 0.357. The topological polar surface area (TPSA) is 27.7 Å². The van der Waals surface area contributed by atoms with E-state index in [9.17, 15) is 13.2 Å². The van der Waals surface area contributed by atoms with Crippen LogP contribution in [0, 0.1) is 0 Å². The molecule has 0 unspecified atom stereocenters. The van der Waals surface area contributed by atoms with Crippen molar-refractivity contribution in [1.82, 2.24) is 0 Å². The SMILES string of the molecule is CCO[Si](CCCCCc1ccc(C(F)(F)F)cc1)(OCC)OCC. The van der Waals surface area contributed by atoms with Gasteiger partial charge in [-0.2, -0.15) is 13.2 Å². The van der Waals surface area contributed by atoms with E-state index in [-0.39, 0.29) is 0 Å². The summed E-state index contributed by atoms with van der Waals surface area (Å²) in [6, 6.07) is 6.18. The van der Waals surface area contributed by atoms with Crippen molar-refractivity contribution in [2.24, 2.45) is 0 Å². The summed E-state index contributed by atoms with van der Waals surface area (Å²) in [5, 5.41) is 0. The predicted octanol–water partition coefficient (Wildman–Crippen LogP) is 5.47. The first-order valence-electron chi connectivity index (χ1n) is 8.95. The first kappa shape index (κ1) is 22.1. The number of benzene rings is 1. The second-order valence-electron chi connectivity index (χ2n) is 5.74. The van der Waals surface area contributed by atoms with Crippen molar-refractivity contribution in [3.05, 3.63) is 35.4 Å². The summed E-state index contributed by atoms with van der Waals surface area (Å²) in [5.74, 6) is 0. The Morgan fingerprint density at radius 1 is 0.800 bits per heavy atom. The van der Waals surface area contributed by atoms with Gasteiger partial charge in [-0.25, -0.2) is 0 Å². The van der Waals surface area contributed by atoms with E-state index in [0.29, 0.717) is 19.8 Å². The Hall–Kier alpha value is -0.893. The first-order valence-corrected chi connectivity index (χ1v) is 10.9. The summed E-state index contributed by atoms with van der Waals surface area (Å²) in [6.07, 6.45) is -0.703. The van der Waals surface area contributed by atoms with E-state index in [0.717, 1.165) is 49.4 Å². The van der Waals surface area contributed by atoms with Gasteiger partial charge in [0, 0.05) is 25.9 Å². The predicted molar refractivity (Wildman–Crippen MR) is 94.4 cm³/mol. The van der Waals surface area contributed by atoms with Gasteiger partial charge in [-0.1, -0.05) is 18.6 Å². The molecule has 0 spiro atoms. The number of alkyl halides is 3. The summed E-state index contributed by atoms with van der Waals surface area (Å²) < 4.78 is 55.0. The van der Waals surface area contributed by atoms with Crippen LogP contribution >= 0.6 is 0 Å². The maximum Gasteiger partial charge on any atom is 0.500 e. The molecule has 0 bridgehead atoms. The molecule has 0 amide bonds. The lowest BCUT2D eigenvalue weighted by molar-refractivity contribution is -0.137. The van der Waals surface area contributed by atoms with Crippen molar-refractivity contribution in [1.29, 1.82) is 0 Å². The average Bonchev–Trinajstić information content (AvgIpc) is 2.55. The summed E-state index contributed by atoms with van der Waals surface area (Å²) >= 11 is 0. The molecule has 0 saturated carbocycles. The van der Waals surface area contributed by atoms with E-state index in [1.54, 1.807) is 12.1 Å². The van der Waals surface area contributed by atoms with Crippen LogP contribution in [0.2, 0.25) is 6.04 Å². The van der Waals surface area contributed by atoms with Gasteiger partial charge in [0.2, 0.25) is 0 Å². The van der Waals surface area contributed by atoms with Gasteiger partial charge in [-0.3, -0.25) is 0 Å². The van der Waals surface area contributed by atoms with Crippen LogP contribution in [0.15, 0.2) is 24.3 Å². The standard InChI is InChI=1S/C18H29F3O3Si/c1-4-22-25(23-5-2,24-6-3)15-9-7-8-10-16-11-13-17(14-12-16)18(19,20)21/h11-14H,4-10,15H2,1-3H3. The number of unbranched alkanes of at least 4 members (excludes halogenated alkanes) is 2. The van der Waals surface area contributed by atoms with Gasteiger partial charge in [0.25, 0.3) is 0 Å². The van der Waals surface area contributed by atoms with Crippen LogP contribution in [0.3, 0.4) is 0 Å². The van der Waals surface area contributed by atoms with E-state index in [4.69, 9.17) is 13.3 Å². The number of halogens is 3. The minimum atomic E-state index is -4.27. The molecule has 0 aliphatic heterocycles. The van der Waals surface area contributed by atoms with E-state index >= 15 is 0 Å². The Kier molecular flexibility index (Phi) is 9.71. The van der Waals surface area contributed by atoms with Crippen molar-refractivity contribution < 1.29 is 26.4 Å². The molecule has 144 valence electrons. The maximum atomic E-state index is 12.5. The molecule has 7 heteroatoms. The van der Waals surface area contributed by atoms with Crippen molar-refractivity contribution in [2.45, 2.75) is 58.7 Å². The monoisotopic (exact) mass is 378 g/mol. The van der Waals surface area contributed by atoms with E-state index in [2.05, 4.69) is 0 Å². The van der Waals surface area contributed by atoms with Crippen LogP contribution in [0.25, 0.3) is 0 Å². The highest BCUT2D eigenvalue weighted by Crippen LogP contribution is 2.29. The van der Waals surface area contributed by atoms with Crippen LogP contribution in [0.5, 0.6) is 0 Å². The van der Waals surface area contributed by atoms with Gasteiger partial charge in [0.1, 0.15) is 0 Å². The van der Waals surface area contributed by atoms with Gasteiger partial charge >= 0.3 is 15.0 Å². The molecule has 0 aliphatic carbocycles. The molecule has 0 N–H and O–H groups in total. The van der Waals surface area contributed by atoms with Crippen molar-refractivity contribution in [2.75, 3.05) is 19.8 Å². The molecule has 0 fully saturated rings. The Labute approximate surface area is 149 Å². The van der Waals surface area contributed by atoms with Gasteiger partial charge in [-0.15, -0.1) is 0 Å². The zero-order valence-corrected chi connectivity index (χ0v) is 16.3. The third kappa shape index (κ3) is 7.90. The average molecular weight is 379 g/mol. The fraction of sp³-hybridized carbons (Fsp3) is 0.667. The molecule has 3 nitrogen and oxygen atoms in total. The molecule has 1 aromatic carbocycles. The minimum absolute atomic E-state index is 0.567. The zero-order valence-electron chi connectivity index (χ0n) is 15.3. The normalized spacial score (nSPS) is 12.6. The molecule has 1 rings (SSSR count). The Balaban J connectivity index is 2.40. The fourth-order valence-electron chi connectivity index (χ4n) is 2.71. The lowest BCUT2D eigenvalue weighted by atomic mass is 10.1. The van der Waals surface area contributed by atoms with Crippen LogP contribution in [0.1, 0.15) is 51.2 Å².